The third-order valence-electron chi connectivity index (χ3n) is 3.96. The van der Waals surface area contributed by atoms with Crippen LogP contribution in [0, 0.1) is 0 Å². The van der Waals surface area contributed by atoms with E-state index in [4.69, 9.17) is 4.98 Å². The summed E-state index contributed by atoms with van der Waals surface area (Å²) in [7, 11) is -2.35. The first-order valence-corrected chi connectivity index (χ1v) is 10.2. The molecule has 1 saturated carbocycles. The highest BCUT2D eigenvalue weighted by Crippen LogP contribution is 2.41. The average molecular weight is 302 g/mol. The van der Waals surface area contributed by atoms with Crippen LogP contribution in [0.2, 0.25) is 0 Å². The van der Waals surface area contributed by atoms with Crippen molar-refractivity contribution in [2.24, 2.45) is 0 Å². The number of nitrogens with one attached hydrogen (secondary N) is 1. The Morgan fingerprint density at radius 3 is 2.48 bits per heavy atom. The van der Waals surface area contributed by atoms with E-state index in [9.17, 15) is 4.57 Å². The number of anilines is 1. The van der Waals surface area contributed by atoms with Crippen LogP contribution in [0.3, 0.4) is 0 Å². The molecule has 3 rings (SSSR count). The highest BCUT2D eigenvalue weighted by molar-refractivity contribution is 7.70. The van der Waals surface area contributed by atoms with Gasteiger partial charge in [-0.2, -0.15) is 0 Å². The molecular weight excluding hydrogens is 279 g/mol. The summed E-state index contributed by atoms with van der Waals surface area (Å²) in [6.45, 7) is 8.00. The lowest BCUT2D eigenvalue weighted by Gasteiger charge is -2.19. The van der Waals surface area contributed by atoms with Gasteiger partial charge in [-0.1, -0.05) is 19.9 Å². The Morgan fingerprint density at radius 2 is 1.90 bits per heavy atom. The van der Waals surface area contributed by atoms with Crippen molar-refractivity contribution >= 4 is 29.2 Å². The number of hydrogen-bond donors (Lipinski definition) is 1. The van der Waals surface area contributed by atoms with Gasteiger partial charge in [-0.05, 0) is 55.9 Å². The zero-order chi connectivity index (χ0) is 15.2. The van der Waals surface area contributed by atoms with Gasteiger partial charge in [-0.25, -0.2) is 4.98 Å². The van der Waals surface area contributed by atoms with E-state index in [1.54, 1.807) is 0 Å². The van der Waals surface area contributed by atoms with Crippen molar-refractivity contribution in [2.45, 2.75) is 38.6 Å². The van der Waals surface area contributed by atoms with Gasteiger partial charge in [0.15, 0.2) is 0 Å². The molecule has 0 unspecified atom stereocenters. The van der Waals surface area contributed by atoms with Gasteiger partial charge in [-0.15, -0.1) is 0 Å². The topological polar surface area (TPSA) is 42.0 Å². The van der Waals surface area contributed by atoms with E-state index in [0.717, 1.165) is 22.0 Å². The molecule has 3 nitrogen and oxygen atoms in total. The minimum atomic E-state index is -2.35. The Hall–Kier alpha value is -1.34. The molecule has 0 atom stereocenters. The molecule has 0 radical (unpaired) electrons. The van der Waals surface area contributed by atoms with Crippen molar-refractivity contribution in [1.82, 2.24) is 4.98 Å². The summed E-state index contributed by atoms with van der Waals surface area (Å²) in [5.74, 6) is 1.29. The first-order valence-electron chi connectivity index (χ1n) is 7.62. The Labute approximate surface area is 126 Å². The largest absolute Gasteiger partial charge is 0.367 e. The van der Waals surface area contributed by atoms with Crippen LogP contribution >= 0.6 is 7.14 Å². The summed E-state index contributed by atoms with van der Waals surface area (Å²) in [4.78, 5) is 4.70. The molecule has 1 aromatic heterocycles. The van der Waals surface area contributed by atoms with Crippen molar-refractivity contribution in [3.8, 4) is 0 Å². The van der Waals surface area contributed by atoms with Gasteiger partial charge >= 0.3 is 0 Å². The van der Waals surface area contributed by atoms with Crippen LogP contribution in [0.5, 0.6) is 0 Å². The van der Waals surface area contributed by atoms with Gasteiger partial charge in [0, 0.05) is 16.7 Å². The lowest BCUT2D eigenvalue weighted by molar-refractivity contribution is 0.588. The summed E-state index contributed by atoms with van der Waals surface area (Å²) in [6, 6.07) is 8.84. The maximum absolute atomic E-state index is 12.8. The second-order valence-corrected chi connectivity index (χ2v) is 9.84. The van der Waals surface area contributed by atoms with Crippen molar-refractivity contribution < 1.29 is 4.57 Å². The summed E-state index contributed by atoms with van der Waals surface area (Å²) in [5, 5.41) is 5.46. The van der Waals surface area contributed by atoms with E-state index in [2.05, 4.69) is 37.4 Å². The van der Waals surface area contributed by atoms with Crippen LogP contribution < -0.4 is 10.6 Å². The van der Waals surface area contributed by atoms with Crippen LogP contribution in [-0.4, -0.2) is 24.4 Å². The molecule has 0 spiro atoms. The number of rotatable bonds is 4. The molecule has 0 amide bonds. The highest BCUT2D eigenvalue weighted by atomic mass is 31.2. The van der Waals surface area contributed by atoms with E-state index >= 15 is 0 Å². The molecular formula is C17H23N2OP. The third kappa shape index (κ3) is 2.98. The lowest BCUT2D eigenvalue weighted by atomic mass is 10.0. The van der Waals surface area contributed by atoms with Crippen LogP contribution in [0.4, 0.5) is 5.82 Å². The fourth-order valence-corrected chi connectivity index (χ4v) is 4.51. The molecule has 1 aliphatic rings. The van der Waals surface area contributed by atoms with E-state index < -0.39 is 7.14 Å². The molecule has 112 valence electrons. The number of nitrogens with zero attached hydrogens (tertiary/aromatic N) is 1. The normalized spacial score (nSPS) is 15.7. The van der Waals surface area contributed by atoms with E-state index in [1.165, 1.54) is 18.4 Å². The number of aromatic nitrogens is 1. The van der Waals surface area contributed by atoms with Gasteiger partial charge in [0.25, 0.3) is 0 Å². The molecule has 1 fully saturated rings. The van der Waals surface area contributed by atoms with Crippen LogP contribution in [0.15, 0.2) is 24.3 Å². The summed E-state index contributed by atoms with van der Waals surface area (Å²) in [6.07, 6.45) is 2.47. The maximum atomic E-state index is 12.8. The van der Waals surface area contributed by atoms with Gasteiger partial charge in [0.1, 0.15) is 13.0 Å². The van der Waals surface area contributed by atoms with Crippen LogP contribution in [0.25, 0.3) is 10.9 Å². The fraction of sp³-hybridized carbons (Fsp3) is 0.471. The average Bonchev–Trinajstić information content (AvgIpc) is 3.19. The molecule has 21 heavy (non-hydrogen) atoms. The molecule has 2 aromatic rings. The highest BCUT2D eigenvalue weighted by Gasteiger charge is 2.23. The van der Waals surface area contributed by atoms with Gasteiger partial charge < -0.3 is 9.88 Å². The molecule has 1 aromatic carbocycles. The predicted octanol–water partition coefficient (Wildman–Crippen LogP) is 4.18. The van der Waals surface area contributed by atoms with Crippen molar-refractivity contribution in [3.05, 3.63) is 29.8 Å². The minimum absolute atomic E-state index is 0.363. The Kier molecular flexibility index (Phi) is 3.57. The van der Waals surface area contributed by atoms with Crippen LogP contribution in [-0.2, 0) is 4.57 Å². The van der Waals surface area contributed by atoms with E-state index in [0.29, 0.717) is 12.0 Å². The second kappa shape index (κ2) is 5.14. The smallest absolute Gasteiger partial charge is 0.126 e. The SMILES string of the molecule is CC(C)c1ccc2nc(NC3CC3)ccc2c1P(C)(C)=O. The standard InChI is InChI=1S/C17H23N2OP/c1-11(2)13-7-9-15-14(17(13)21(3,4)20)8-10-16(19-15)18-12-5-6-12/h7-12H,5-6H2,1-4H3,(H,18,19). The maximum Gasteiger partial charge on any atom is 0.126 e. The summed E-state index contributed by atoms with van der Waals surface area (Å²) < 4.78 is 12.8. The third-order valence-corrected chi connectivity index (χ3v) is 5.54. The number of benzene rings is 1. The Balaban J connectivity index is 2.17. The Bertz CT molecular complexity index is 729. The van der Waals surface area contributed by atoms with Crippen molar-refractivity contribution in [3.63, 3.8) is 0 Å². The summed E-state index contributed by atoms with van der Waals surface area (Å²) in [5.41, 5.74) is 2.12. The first kappa shape index (κ1) is 14.6. The van der Waals surface area contributed by atoms with E-state index in [1.807, 2.05) is 19.4 Å². The molecule has 4 heteroatoms. The first-order chi connectivity index (χ1) is 9.86. The predicted molar refractivity (Wildman–Crippen MR) is 91.6 cm³/mol. The monoisotopic (exact) mass is 302 g/mol. The Morgan fingerprint density at radius 1 is 1.19 bits per heavy atom. The lowest BCUT2D eigenvalue weighted by Crippen LogP contribution is -2.14. The molecule has 0 bridgehead atoms. The van der Waals surface area contributed by atoms with Gasteiger partial charge in [0.05, 0.1) is 5.52 Å². The van der Waals surface area contributed by atoms with Crippen molar-refractivity contribution in [2.75, 3.05) is 18.6 Å². The molecule has 1 aliphatic carbocycles. The quantitative estimate of drug-likeness (QED) is 0.861. The number of pyridine rings is 1. The van der Waals surface area contributed by atoms with Crippen LogP contribution in [0.1, 0.15) is 38.2 Å². The second-order valence-electron chi connectivity index (χ2n) is 6.69. The molecule has 0 aliphatic heterocycles. The summed E-state index contributed by atoms with van der Waals surface area (Å²) >= 11 is 0. The molecule has 0 saturated heterocycles. The van der Waals surface area contributed by atoms with Gasteiger partial charge in [-0.3, -0.25) is 0 Å². The molecule has 1 heterocycles. The fourth-order valence-electron chi connectivity index (χ4n) is 2.79. The minimum Gasteiger partial charge on any atom is -0.367 e. The number of hydrogen-bond acceptors (Lipinski definition) is 3. The molecule has 1 N–H and O–H groups in total. The zero-order valence-corrected chi connectivity index (χ0v) is 14.1. The number of fused-ring (bicyclic) bond motifs is 1. The van der Waals surface area contributed by atoms with E-state index in [-0.39, 0.29) is 0 Å². The van der Waals surface area contributed by atoms with Crippen molar-refractivity contribution in [1.29, 1.82) is 0 Å². The van der Waals surface area contributed by atoms with Gasteiger partial charge in [0.2, 0.25) is 0 Å². The zero-order valence-electron chi connectivity index (χ0n) is 13.2.